The first-order valence-electron chi connectivity index (χ1n) is 13.9. The van der Waals surface area contributed by atoms with Gasteiger partial charge in [0.1, 0.15) is 11.7 Å². The molecule has 1 aromatic heterocycles. The molecule has 0 saturated carbocycles. The summed E-state index contributed by atoms with van der Waals surface area (Å²) in [6.07, 6.45) is -0.911. The Bertz CT molecular complexity index is 1510. The molecule has 43 heavy (non-hydrogen) atoms. The van der Waals surface area contributed by atoms with E-state index in [1.54, 1.807) is 25.1 Å². The molecule has 0 spiro atoms. The number of piperazine rings is 1. The zero-order valence-electron chi connectivity index (χ0n) is 23.5. The lowest BCUT2D eigenvalue weighted by Crippen LogP contribution is -2.56. The summed E-state index contributed by atoms with van der Waals surface area (Å²) < 4.78 is 15.9. The molecule has 3 aromatic rings. The van der Waals surface area contributed by atoms with Gasteiger partial charge in [0, 0.05) is 43.7 Å². The summed E-state index contributed by atoms with van der Waals surface area (Å²) in [5.41, 5.74) is 1.79. The Balaban J connectivity index is 1.40. The molecule has 13 heteroatoms. The minimum atomic E-state index is -1.12. The van der Waals surface area contributed by atoms with E-state index >= 15 is 0 Å². The minimum absolute atomic E-state index is 0.00164. The van der Waals surface area contributed by atoms with Crippen molar-refractivity contribution in [1.29, 1.82) is 0 Å². The van der Waals surface area contributed by atoms with E-state index in [9.17, 15) is 24.3 Å². The van der Waals surface area contributed by atoms with E-state index in [0.29, 0.717) is 34.1 Å². The van der Waals surface area contributed by atoms with Crippen LogP contribution < -0.4 is 14.8 Å². The predicted molar refractivity (Wildman–Crippen MR) is 152 cm³/mol. The Morgan fingerprint density at radius 3 is 2.37 bits per heavy atom. The van der Waals surface area contributed by atoms with Gasteiger partial charge in [-0.1, -0.05) is 30.3 Å². The van der Waals surface area contributed by atoms with Crippen LogP contribution >= 0.6 is 0 Å². The molecule has 0 aliphatic carbocycles. The van der Waals surface area contributed by atoms with Gasteiger partial charge in [0.05, 0.1) is 12.3 Å². The second-order valence-corrected chi connectivity index (χ2v) is 9.87. The van der Waals surface area contributed by atoms with Gasteiger partial charge < -0.3 is 34.4 Å². The van der Waals surface area contributed by atoms with Crippen molar-refractivity contribution < 1.29 is 38.5 Å². The first kappa shape index (κ1) is 29.3. The highest BCUT2D eigenvalue weighted by Gasteiger charge is 2.31. The molecular weight excluding hydrogens is 558 g/mol. The SMILES string of the molecule is CCOC(=O)N1CCN(C(=O)[C@H](CCC(=O)O)NC(=O)c2cc(-c3ccc4c(c3)OCO4)nc(-c3ccccc3)n2)CC1. The molecule has 1 fully saturated rings. The number of carboxylic acids is 1. The zero-order valence-corrected chi connectivity index (χ0v) is 23.5. The molecule has 2 aliphatic heterocycles. The molecule has 5 rings (SSSR count). The molecule has 0 bridgehead atoms. The standard InChI is InChI=1S/C30H31N5O8/c1-2-41-30(40)35-14-12-34(13-15-35)29(39)21(9-11-26(36)37)33-28(38)23-17-22(20-8-10-24-25(16-20)43-18-42-24)31-27(32-23)19-6-4-3-5-7-19/h3-8,10,16-17,21H,2,9,11-15,18H2,1H3,(H,33,38)(H,36,37)/t21-/m0/s1. The fraction of sp³-hybridized carbons (Fsp3) is 0.333. The summed E-state index contributed by atoms with van der Waals surface area (Å²) in [5, 5.41) is 12.0. The van der Waals surface area contributed by atoms with Crippen molar-refractivity contribution in [3.8, 4) is 34.1 Å². The fourth-order valence-corrected chi connectivity index (χ4v) is 4.79. The van der Waals surface area contributed by atoms with Gasteiger partial charge in [-0.25, -0.2) is 14.8 Å². The van der Waals surface area contributed by atoms with Crippen molar-refractivity contribution in [3.05, 3.63) is 60.3 Å². The van der Waals surface area contributed by atoms with Crippen LogP contribution in [0.4, 0.5) is 4.79 Å². The molecule has 0 radical (unpaired) electrons. The molecule has 1 saturated heterocycles. The Labute approximate surface area is 247 Å². The monoisotopic (exact) mass is 589 g/mol. The van der Waals surface area contributed by atoms with Crippen LogP contribution in [0.3, 0.4) is 0 Å². The summed E-state index contributed by atoms with van der Waals surface area (Å²) in [6, 6.07) is 14.8. The number of nitrogens with one attached hydrogen (secondary N) is 1. The van der Waals surface area contributed by atoms with Crippen molar-refractivity contribution in [1.82, 2.24) is 25.1 Å². The van der Waals surface area contributed by atoms with Crippen LogP contribution in [-0.2, 0) is 14.3 Å². The molecule has 2 N–H and O–H groups in total. The molecule has 3 heterocycles. The lowest BCUT2D eigenvalue weighted by molar-refractivity contribution is -0.138. The average molecular weight is 590 g/mol. The molecule has 224 valence electrons. The first-order chi connectivity index (χ1) is 20.8. The number of carbonyl (C=O) groups excluding carboxylic acids is 3. The topological polar surface area (TPSA) is 160 Å². The van der Waals surface area contributed by atoms with E-state index < -0.39 is 29.9 Å². The van der Waals surface area contributed by atoms with Gasteiger partial charge >= 0.3 is 12.1 Å². The smallest absolute Gasteiger partial charge is 0.409 e. The van der Waals surface area contributed by atoms with Crippen LogP contribution in [0, 0.1) is 0 Å². The quantitative estimate of drug-likeness (QED) is 0.380. The van der Waals surface area contributed by atoms with E-state index in [2.05, 4.69) is 15.3 Å². The van der Waals surface area contributed by atoms with Gasteiger partial charge in [0.2, 0.25) is 12.7 Å². The Hall–Kier alpha value is -5.20. The number of carboxylic acid groups (broad SMARTS) is 1. The Morgan fingerprint density at radius 1 is 0.930 bits per heavy atom. The highest BCUT2D eigenvalue weighted by molar-refractivity contribution is 5.97. The van der Waals surface area contributed by atoms with Crippen LogP contribution in [0.25, 0.3) is 22.6 Å². The molecule has 0 unspecified atom stereocenters. The molecular formula is C30H31N5O8. The van der Waals surface area contributed by atoms with Gasteiger partial charge in [-0.05, 0) is 37.6 Å². The Morgan fingerprint density at radius 2 is 1.65 bits per heavy atom. The van der Waals surface area contributed by atoms with Crippen molar-refractivity contribution in [3.63, 3.8) is 0 Å². The van der Waals surface area contributed by atoms with Gasteiger partial charge in [-0.2, -0.15) is 0 Å². The number of ether oxygens (including phenoxy) is 3. The third kappa shape index (κ3) is 7.00. The lowest BCUT2D eigenvalue weighted by atomic mass is 10.1. The number of benzene rings is 2. The number of hydrogen-bond donors (Lipinski definition) is 2. The van der Waals surface area contributed by atoms with Crippen LogP contribution in [0.15, 0.2) is 54.6 Å². The molecule has 3 amide bonds. The summed E-state index contributed by atoms with van der Waals surface area (Å²) in [6.45, 7) is 3.02. The number of fused-ring (bicyclic) bond motifs is 1. The zero-order chi connectivity index (χ0) is 30.3. The van der Waals surface area contributed by atoms with E-state index in [4.69, 9.17) is 14.2 Å². The van der Waals surface area contributed by atoms with Gasteiger partial charge in [-0.3, -0.25) is 14.4 Å². The number of hydrogen-bond acceptors (Lipinski definition) is 9. The van der Waals surface area contributed by atoms with Crippen molar-refractivity contribution in [2.24, 2.45) is 0 Å². The number of aliphatic carboxylic acids is 1. The summed E-state index contributed by atoms with van der Waals surface area (Å²) >= 11 is 0. The average Bonchev–Trinajstić information content (AvgIpc) is 3.51. The van der Waals surface area contributed by atoms with Crippen molar-refractivity contribution >= 4 is 23.9 Å². The first-order valence-corrected chi connectivity index (χ1v) is 13.9. The van der Waals surface area contributed by atoms with E-state index in [1.807, 2.05) is 30.3 Å². The number of carbonyl (C=O) groups is 4. The molecule has 2 aliphatic rings. The van der Waals surface area contributed by atoms with Crippen LogP contribution in [-0.4, -0.2) is 94.4 Å². The fourth-order valence-electron chi connectivity index (χ4n) is 4.79. The maximum absolute atomic E-state index is 13.6. The van der Waals surface area contributed by atoms with Crippen molar-refractivity contribution in [2.75, 3.05) is 39.6 Å². The number of amides is 3. The minimum Gasteiger partial charge on any atom is -0.481 e. The van der Waals surface area contributed by atoms with Crippen LogP contribution in [0.5, 0.6) is 11.5 Å². The van der Waals surface area contributed by atoms with Gasteiger partial charge in [-0.15, -0.1) is 0 Å². The van der Waals surface area contributed by atoms with Crippen molar-refractivity contribution in [2.45, 2.75) is 25.8 Å². The maximum atomic E-state index is 13.6. The summed E-state index contributed by atoms with van der Waals surface area (Å²) in [4.78, 5) is 62.7. The summed E-state index contributed by atoms with van der Waals surface area (Å²) in [5.74, 6) is -0.753. The van der Waals surface area contributed by atoms with Crippen LogP contribution in [0.2, 0.25) is 0 Å². The number of nitrogens with zero attached hydrogens (tertiary/aromatic N) is 4. The van der Waals surface area contributed by atoms with E-state index in [-0.39, 0.29) is 58.1 Å². The lowest BCUT2D eigenvalue weighted by Gasteiger charge is -2.35. The normalized spacial score (nSPS) is 14.6. The predicted octanol–water partition coefficient (Wildman–Crippen LogP) is 2.80. The summed E-state index contributed by atoms with van der Waals surface area (Å²) in [7, 11) is 0. The third-order valence-electron chi connectivity index (χ3n) is 7.03. The largest absolute Gasteiger partial charge is 0.481 e. The third-order valence-corrected chi connectivity index (χ3v) is 7.03. The van der Waals surface area contributed by atoms with E-state index in [0.717, 1.165) is 0 Å². The number of aromatic nitrogens is 2. The van der Waals surface area contributed by atoms with Gasteiger partial charge in [0.25, 0.3) is 5.91 Å². The van der Waals surface area contributed by atoms with Crippen LogP contribution in [0.1, 0.15) is 30.3 Å². The molecule has 1 atom stereocenters. The Kier molecular flexibility index (Phi) is 8.99. The number of rotatable bonds is 9. The highest BCUT2D eigenvalue weighted by Crippen LogP contribution is 2.36. The maximum Gasteiger partial charge on any atom is 0.409 e. The second-order valence-electron chi connectivity index (χ2n) is 9.87. The highest BCUT2D eigenvalue weighted by atomic mass is 16.7. The second kappa shape index (κ2) is 13.2. The van der Waals surface area contributed by atoms with Gasteiger partial charge in [0.15, 0.2) is 17.3 Å². The van der Waals surface area contributed by atoms with E-state index in [1.165, 1.54) is 15.9 Å². The molecule has 13 nitrogen and oxygen atoms in total. The molecule has 2 aromatic carbocycles.